The highest BCUT2D eigenvalue weighted by Gasteiger charge is 2.28. The number of aromatic nitrogens is 3. The molecule has 3 heterocycles. The smallest absolute Gasteiger partial charge is 0.410 e. The third kappa shape index (κ3) is 5.55. The van der Waals surface area contributed by atoms with E-state index in [-0.39, 0.29) is 24.5 Å². The molecule has 1 aliphatic rings. The molecule has 0 atom stereocenters. The lowest BCUT2D eigenvalue weighted by atomic mass is 9.98. The number of imidazole rings is 1. The van der Waals surface area contributed by atoms with E-state index in [2.05, 4.69) is 15.0 Å². The fourth-order valence-electron chi connectivity index (χ4n) is 4.46. The van der Waals surface area contributed by atoms with E-state index in [9.17, 15) is 9.59 Å². The number of fused-ring (bicyclic) bond motifs is 1. The zero-order valence-electron chi connectivity index (χ0n) is 20.3. The summed E-state index contributed by atoms with van der Waals surface area (Å²) in [7, 11) is 0. The van der Waals surface area contributed by atoms with Crippen LogP contribution in [0.3, 0.4) is 0 Å². The molecule has 0 spiro atoms. The highest BCUT2D eigenvalue weighted by atomic mass is 35.5. The number of piperidine rings is 1. The Labute approximate surface area is 223 Å². The predicted molar refractivity (Wildman–Crippen MR) is 145 cm³/mol. The Morgan fingerprint density at radius 1 is 1.19 bits per heavy atom. The highest BCUT2D eigenvalue weighted by Crippen LogP contribution is 2.31. The first-order chi connectivity index (χ1) is 17.9. The number of likely N-dealkylation sites (tertiary alicyclic amines) is 1. The van der Waals surface area contributed by atoms with Crippen LogP contribution in [-0.2, 0) is 11.3 Å². The molecule has 2 aromatic heterocycles. The molecule has 37 heavy (non-hydrogen) atoms. The summed E-state index contributed by atoms with van der Waals surface area (Å²) in [6.07, 6.45) is 1.22. The second-order valence-electron chi connectivity index (χ2n) is 8.89. The van der Waals surface area contributed by atoms with Crippen LogP contribution in [0.2, 0.25) is 5.02 Å². The van der Waals surface area contributed by atoms with Crippen molar-refractivity contribution in [2.75, 3.05) is 30.3 Å². The molecule has 4 aromatic rings. The number of hydrogen-bond acceptors (Lipinski definition) is 7. The molecular formula is C26H27ClN6O3S. The second kappa shape index (κ2) is 10.8. The first-order valence-corrected chi connectivity index (χ1v) is 13.4. The first kappa shape index (κ1) is 25.0. The lowest BCUT2D eigenvalue weighted by Gasteiger charge is -2.30. The molecule has 0 saturated carbocycles. The molecule has 2 amide bonds. The Bertz CT molecular complexity index is 1410. The number of nitrogens with one attached hydrogen (secondary N) is 1. The molecule has 1 aliphatic heterocycles. The molecule has 0 radical (unpaired) electrons. The number of anilines is 2. The number of H-pyrrole nitrogens is 1. The number of nitrogen functional groups attached to an aromatic ring is 1. The molecule has 0 unspecified atom stereocenters. The minimum absolute atomic E-state index is 0.156. The highest BCUT2D eigenvalue weighted by molar-refractivity contribution is 7.10. The van der Waals surface area contributed by atoms with E-state index in [1.807, 2.05) is 42.6 Å². The number of carbonyl (C=O) groups excluding carboxylic acids is 2. The van der Waals surface area contributed by atoms with E-state index in [4.69, 9.17) is 22.1 Å². The molecule has 0 aliphatic carbocycles. The Morgan fingerprint density at radius 2 is 1.95 bits per heavy atom. The molecule has 5 rings (SSSR count). The molecule has 3 N–H and O–H groups in total. The molecule has 2 aromatic carbocycles. The third-order valence-corrected chi connectivity index (χ3v) is 7.74. The predicted octanol–water partition coefficient (Wildman–Crippen LogP) is 5.44. The summed E-state index contributed by atoms with van der Waals surface area (Å²) < 4.78 is 5.46. The van der Waals surface area contributed by atoms with Gasteiger partial charge in [-0.05, 0) is 55.7 Å². The Hall–Kier alpha value is -3.63. The van der Waals surface area contributed by atoms with Crippen LogP contribution in [0.4, 0.5) is 16.4 Å². The molecule has 192 valence electrons. The SMILES string of the molecule is CCN(C(=O)c1csc(C2CCN(C(=O)OCc3ccc(Cl)cc3)CC2)n1)c1ccc2[nH]c(N)nc2c1. The molecule has 1 fully saturated rings. The summed E-state index contributed by atoms with van der Waals surface area (Å²) in [5, 5.41) is 3.38. The van der Waals surface area contributed by atoms with Gasteiger partial charge >= 0.3 is 6.09 Å². The van der Waals surface area contributed by atoms with E-state index >= 15 is 0 Å². The van der Waals surface area contributed by atoms with Gasteiger partial charge in [-0.25, -0.2) is 14.8 Å². The maximum Gasteiger partial charge on any atom is 0.410 e. The van der Waals surface area contributed by atoms with Crippen molar-refractivity contribution in [1.82, 2.24) is 19.9 Å². The van der Waals surface area contributed by atoms with Crippen LogP contribution in [0.1, 0.15) is 46.7 Å². The van der Waals surface area contributed by atoms with Gasteiger partial charge in [-0.2, -0.15) is 0 Å². The molecular weight excluding hydrogens is 512 g/mol. The third-order valence-electron chi connectivity index (χ3n) is 6.48. The first-order valence-electron chi connectivity index (χ1n) is 12.1. The van der Waals surface area contributed by atoms with E-state index in [1.165, 1.54) is 11.3 Å². The maximum absolute atomic E-state index is 13.3. The average molecular weight is 539 g/mol. The van der Waals surface area contributed by atoms with Gasteiger partial charge < -0.3 is 25.3 Å². The number of halogens is 1. The van der Waals surface area contributed by atoms with Gasteiger partial charge in [-0.3, -0.25) is 4.79 Å². The van der Waals surface area contributed by atoms with Gasteiger partial charge in [0.25, 0.3) is 5.91 Å². The fourth-order valence-corrected chi connectivity index (χ4v) is 5.55. The van der Waals surface area contributed by atoms with Gasteiger partial charge in [0.1, 0.15) is 12.3 Å². The lowest BCUT2D eigenvalue weighted by Crippen LogP contribution is -2.38. The van der Waals surface area contributed by atoms with Crippen molar-refractivity contribution in [1.29, 1.82) is 0 Å². The number of rotatable bonds is 6. The van der Waals surface area contributed by atoms with Crippen molar-refractivity contribution in [2.45, 2.75) is 32.3 Å². The van der Waals surface area contributed by atoms with Crippen molar-refractivity contribution < 1.29 is 14.3 Å². The maximum atomic E-state index is 13.3. The number of benzene rings is 2. The lowest BCUT2D eigenvalue weighted by molar-refractivity contribution is 0.0870. The number of nitrogens with two attached hydrogens (primary N) is 1. The van der Waals surface area contributed by atoms with Crippen LogP contribution < -0.4 is 10.6 Å². The van der Waals surface area contributed by atoms with Gasteiger partial charge in [0, 0.05) is 41.6 Å². The van der Waals surface area contributed by atoms with E-state index in [0.29, 0.717) is 41.8 Å². The van der Waals surface area contributed by atoms with Crippen LogP contribution in [0.15, 0.2) is 47.8 Å². The molecule has 9 nitrogen and oxygen atoms in total. The molecule has 0 bridgehead atoms. The van der Waals surface area contributed by atoms with Crippen molar-refractivity contribution in [3.63, 3.8) is 0 Å². The zero-order valence-corrected chi connectivity index (χ0v) is 21.9. The van der Waals surface area contributed by atoms with Crippen LogP contribution in [0.5, 0.6) is 0 Å². The van der Waals surface area contributed by atoms with Crippen LogP contribution in [0, 0.1) is 0 Å². The van der Waals surface area contributed by atoms with Crippen LogP contribution in [-0.4, -0.2) is 51.5 Å². The summed E-state index contributed by atoms with van der Waals surface area (Å²) in [6.45, 7) is 3.80. The normalized spacial score (nSPS) is 14.2. The van der Waals surface area contributed by atoms with Crippen molar-refractivity contribution >= 4 is 57.6 Å². The number of amides is 2. The summed E-state index contributed by atoms with van der Waals surface area (Å²) in [6, 6.07) is 12.8. The summed E-state index contributed by atoms with van der Waals surface area (Å²) in [5.41, 5.74) is 9.34. The minimum Gasteiger partial charge on any atom is -0.445 e. The fraction of sp³-hybridized carbons (Fsp3) is 0.308. The minimum atomic E-state index is -0.322. The number of carbonyl (C=O) groups is 2. The van der Waals surface area contributed by atoms with E-state index < -0.39 is 0 Å². The Kier molecular flexibility index (Phi) is 7.29. The molecule has 11 heteroatoms. The standard InChI is InChI=1S/C26H27ClN6O3S/c1-2-33(19-7-8-20-21(13-19)31-25(28)30-20)24(34)22-15-37-23(29-22)17-9-11-32(12-10-17)26(35)36-14-16-3-5-18(27)6-4-16/h3-8,13,15,17H,2,9-12,14H2,1H3,(H3,28,30,31). The topological polar surface area (TPSA) is 117 Å². The van der Waals surface area contributed by atoms with Gasteiger partial charge in [-0.15, -0.1) is 11.3 Å². The van der Waals surface area contributed by atoms with Crippen LogP contribution >= 0.6 is 22.9 Å². The van der Waals surface area contributed by atoms with Crippen molar-refractivity contribution in [2.24, 2.45) is 0 Å². The van der Waals surface area contributed by atoms with E-state index in [0.717, 1.165) is 34.6 Å². The zero-order chi connectivity index (χ0) is 25.9. The molecule has 1 saturated heterocycles. The van der Waals surface area contributed by atoms with Gasteiger partial charge in [-0.1, -0.05) is 23.7 Å². The summed E-state index contributed by atoms with van der Waals surface area (Å²) in [4.78, 5) is 41.2. The quantitative estimate of drug-likeness (QED) is 0.337. The second-order valence-corrected chi connectivity index (χ2v) is 10.2. The van der Waals surface area contributed by atoms with Crippen LogP contribution in [0.25, 0.3) is 11.0 Å². The number of ether oxygens (including phenoxy) is 1. The summed E-state index contributed by atoms with van der Waals surface area (Å²) >= 11 is 7.40. The number of nitrogens with zero attached hydrogens (tertiary/aromatic N) is 4. The monoisotopic (exact) mass is 538 g/mol. The van der Waals surface area contributed by atoms with E-state index in [1.54, 1.807) is 21.9 Å². The average Bonchev–Trinajstić information content (AvgIpc) is 3.55. The Balaban J connectivity index is 1.18. The number of thiazole rings is 1. The Morgan fingerprint density at radius 3 is 2.68 bits per heavy atom. The summed E-state index contributed by atoms with van der Waals surface area (Å²) in [5.74, 6) is 0.382. The van der Waals surface area contributed by atoms with Gasteiger partial charge in [0.15, 0.2) is 5.95 Å². The van der Waals surface area contributed by atoms with Crippen molar-refractivity contribution in [3.05, 3.63) is 69.1 Å². The van der Waals surface area contributed by atoms with Gasteiger partial charge in [0.05, 0.1) is 16.0 Å². The van der Waals surface area contributed by atoms with Crippen molar-refractivity contribution in [3.8, 4) is 0 Å². The largest absolute Gasteiger partial charge is 0.445 e. The number of hydrogen-bond donors (Lipinski definition) is 2. The number of aromatic amines is 1. The van der Waals surface area contributed by atoms with Gasteiger partial charge in [0.2, 0.25) is 0 Å².